The normalized spacial score (nSPS) is 19.1. The topological polar surface area (TPSA) is 57.8 Å². The number of carbonyl (C=O) groups is 1. The molecule has 1 atom stereocenters. The molecule has 0 aliphatic carbocycles. The van der Waals surface area contributed by atoms with Crippen LogP contribution >= 0.6 is 11.6 Å². The van der Waals surface area contributed by atoms with Gasteiger partial charge in [-0.05, 0) is 37.8 Å². The molecule has 2 aromatic heterocycles. The number of hydrogen-bond acceptors (Lipinski definition) is 3. The summed E-state index contributed by atoms with van der Waals surface area (Å²) in [6.07, 6.45) is 5.42. The van der Waals surface area contributed by atoms with E-state index in [1.807, 2.05) is 23.1 Å². The Bertz CT molecular complexity index is 653. The van der Waals surface area contributed by atoms with Gasteiger partial charge in [0.2, 0.25) is 0 Å². The van der Waals surface area contributed by atoms with E-state index < -0.39 is 0 Å². The number of rotatable bonds is 3. The molecule has 0 aromatic carbocycles. The van der Waals surface area contributed by atoms with Crippen molar-refractivity contribution in [3.63, 3.8) is 0 Å². The highest BCUT2D eigenvalue weighted by Gasteiger charge is 2.30. The minimum atomic E-state index is -0.100. The Morgan fingerprint density at radius 3 is 3.10 bits per heavy atom. The summed E-state index contributed by atoms with van der Waals surface area (Å²) in [5.41, 5.74) is 1.08. The van der Waals surface area contributed by atoms with Crippen LogP contribution in [-0.4, -0.2) is 44.5 Å². The van der Waals surface area contributed by atoms with Crippen LogP contribution in [0.1, 0.15) is 36.2 Å². The molecule has 1 amide bonds. The van der Waals surface area contributed by atoms with Gasteiger partial charge in [-0.15, -0.1) is 0 Å². The van der Waals surface area contributed by atoms with E-state index in [2.05, 4.69) is 4.98 Å². The molecule has 6 heteroatoms. The maximum absolute atomic E-state index is 12.9. The van der Waals surface area contributed by atoms with Crippen molar-refractivity contribution < 1.29 is 9.90 Å². The highest BCUT2D eigenvalue weighted by molar-refractivity contribution is 6.32. The predicted octanol–water partition coefficient (Wildman–Crippen LogP) is 2.36. The van der Waals surface area contributed by atoms with E-state index in [4.69, 9.17) is 11.6 Å². The molecule has 1 aliphatic rings. The standard InChI is InChI=1S/C15H18ClN3O2/c16-14-13(19-9-4-2-6-12(19)17-14)15(21)18-8-3-1-5-11(18)7-10-20/h2,4,6,9,11,20H,1,3,5,7-8,10H2. The first kappa shape index (κ1) is 14.4. The van der Waals surface area contributed by atoms with Gasteiger partial charge in [-0.1, -0.05) is 17.7 Å². The van der Waals surface area contributed by atoms with Crippen LogP contribution in [0.2, 0.25) is 5.15 Å². The molecule has 0 saturated carbocycles. The minimum absolute atomic E-state index is 0.0848. The quantitative estimate of drug-likeness (QED) is 0.947. The number of carbonyl (C=O) groups excluding carboxylic acids is 1. The van der Waals surface area contributed by atoms with Gasteiger partial charge in [-0.25, -0.2) is 4.98 Å². The average molecular weight is 308 g/mol. The zero-order valence-corrected chi connectivity index (χ0v) is 12.5. The highest BCUT2D eigenvalue weighted by Crippen LogP contribution is 2.25. The molecule has 1 aliphatic heterocycles. The van der Waals surface area contributed by atoms with Gasteiger partial charge in [0.1, 0.15) is 5.65 Å². The lowest BCUT2D eigenvalue weighted by atomic mass is 9.99. The Balaban J connectivity index is 1.97. The fourth-order valence-electron chi connectivity index (χ4n) is 3.01. The minimum Gasteiger partial charge on any atom is -0.396 e. The number of amides is 1. The van der Waals surface area contributed by atoms with Gasteiger partial charge in [0, 0.05) is 25.4 Å². The smallest absolute Gasteiger partial charge is 0.274 e. The van der Waals surface area contributed by atoms with Crippen molar-refractivity contribution in [2.45, 2.75) is 31.7 Å². The average Bonchev–Trinajstić information content (AvgIpc) is 2.83. The van der Waals surface area contributed by atoms with E-state index in [0.717, 1.165) is 19.3 Å². The third-order valence-electron chi connectivity index (χ3n) is 4.04. The fourth-order valence-corrected chi connectivity index (χ4v) is 3.27. The number of nitrogens with zero attached hydrogens (tertiary/aromatic N) is 3. The number of halogens is 1. The number of aromatic nitrogens is 2. The van der Waals surface area contributed by atoms with E-state index in [-0.39, 0.29) is 23.7 Å². The number of hydrogen-bond donors (Lipinski definition) is 1. The molecule has 2 aromatic rings. The van der Waals surface area contributed by atoms with Gasteiger partial charge in [-0.3, -0.25) is 9.20 Å². The molecule has 0 spiro atoms. The molecule has 0 radical (unpaired) electrons. The first-order valence-electron chi connectivity index (χ1n) is 7.27. The summed E-state index contributed by atoms with van der Waals surface area (Å²) in [5.74, 6) is -0.100. The molecule has 1 saturated heterocycles. The third-order valence-corrected chi connectivity index (χ3v) is 4.30. The van der Waals surface area contributed by atoms with Crippen LogP contribution < -0.4 is 0 Å². The van der Waals surface area contributed by atoms with Crippen LogP contribution in [0.15, 0.2) is 24.4 Å². The lowest BCUT2D eigenvalue weighted by molar-refractivity contribution is 0.0568. The Labute approximate surface area is 128 Å². The van der Waals surface area contributed by atoms with Crippen LogP contribution in [0.25, 0.3) is 5.65 Å². The summed E-state index contributed by atoms with van der Waals surface area (Å²) in [6, 6.07) is 5.62. The Hall–Kier alpha value is -1.59. The summed E-state index contributed by atoms with van der Waals surface area (Å²) in [4.78, 5) is 18.9. The Morgan fingerprint density at radius 2 is 2.29 bits per heavy atom. The van der Waals surface area contributed by atoms with Crippen molar-refractivity contribution in [3.8, 4) is 0 Å². The number of imidazole rings is 1. The number of fused-ring (bicyclic) bond motifs is 1. The molecule has 0 bridgehead atoms. The summed E-state index contributed by atoms with van der Waals surface area (Å²) >= 11 is 6.18. The van der Waals surface area contributed by atoms with Gasteiger partial charge in [0.25, 0.3) is 5.91 Å². The van der Waals surface area contributed by atoms with Crippen LogP contribution in [0.5, 0.6) is 0 Å². The predicted molar refractivity (Wildman–Crippen MR) is 80.6 cm³/mol. The zero-order valence-electron chi connectivity index (χ0n) is 11.7. The van der Waals surface area contributed by atoms with Crippen LogP contribution in [0, 0.1) is 0 Å². The van der Waals surface area contributed by atoms with E-state index >= 15 is 0 Å². The summed E-state index contributed by atoms with van der Waals surface area (Å²) in [5, 5.41) is 9.43. The maximum Gasteiger partial charge on any atom is 0.274 e. The zero-order chi connectivity index (χ0) is 14.8. The van der Waals surface area contributed by atoms with E-state index in [1.54, 1.807) is 10.6 Å². The second kappa shape index (κ2) is 6.03. The molecular weight excluding hydrogens is 290 g/mol. The van der Waals surface area contributed by atoms with E-state index in [1.165, 1.54) is 0 Å². The van der Waals surface area contributed by atoms with Crippen LogP contribution in [-0.2, 0) is 0 Å². The Kier molecular flexibility index (Phi) is 4.12. The first-order valence-corrected chi connectivity index (χ1v) is 7.64. The SMILES string of the molecule is O=C(c1c(Cl)nc2ccccn12)N1CCCCC1CCO. The van der Waals surface area contributed by atoms with Crippen LogP contribution in [0.4, 0.5) is 0 Å². The number of piperidine rings is 1. The molecule has 1 N–H and O–H groups in total. The van der Waals surface area contributed by atoms with Crippen molar-refractivity contribution >= 4 is 23.2 Å². The van der Waals surface area contributed by atoms with Crippen molar-refractivity contribution in [1.82, 2.24) is 14.3 Å². The van der Waals surface area contributed by atoms with E-state index in [9.17, 15) is 9.90 Å². The monoisotopic (exact) mass is 307 g/mol. The first-order chi connectivity index (χ1) is 10.2. The molecule has 1 unspecified atom stereocenters. The largest absolute Gasteiger partial charge is 0.396 e. The van der Waals surface area contributed by atoms with Crippen molar-refractivity contribution in [2.24, 2.45) is 0 Å². The molecule has 1 fully saturated rings. The second-order valence-corrected chi connectivity index (χ2v) is 5.70. The Morgan fingerprint density at radius 1 is 1.43 bits per heavy atom. The van der Waals surface area contributed by atoms with Crippen LogP contribution in [0.3, 0.4) is 0 Å². The lowest BCUT2D eigenvalue weighted by Crippen LogP contribution is -2.44. The van der Waals surface area contributed by atoms with Gasteiger partial charge < -0.3 is 10.0 Å². The van der Waals surface area contributed by atoms with Gasteiger partial charge in [-0.2, -0.15) is 0 Å². The van der Waals surface area contributed by atoms with Crippen molar-refractivity contribution in [1.29, 1.82) is 0 Å². The van der Waals surface area contributed by atoms with Crippen molar-refractivity contribution in [3.05, 3.63) is 35.2 Å². The van der Waals surface area contributed by atoms with Crippen molar-refractivity contribution in [2.75, 3.05) is 13.2 Å². The van der Waals surface area contributed by atoms with Gasteiger partial charge >= 0.3 is 0 Å². The number of pyridine rings is 1. The summed E-state index contributed by atoms with van der Waals surface area (Å²) < 4.78 is 1.73. The lowest BCUT2D eigenvalue weighted by Gasteiger charge is -2.35. The molecule has 3 rings (SSSR count). The summed E-state index contributed by atoms with van der Waals surface area (Å²) in [6.45, 7) is 0.801. The maximum atomic E-state index is 12.9. The number of aliphatic hydroxyl groups is 1. The summed E-state index contributed by atoms with van der Waals surface area (Å²) in [7, 11) is 0. The highest BCUT2D eigenvalue weighted by atomic mass is 35.5. The molecular formula is C15H18ClN3O2. The molecule has 3 heterocycles. The number of aliphatic hydroxyl groups excluding tert-OH is 1. The second-order valence-electron chi connectivity index (χ2n) is 5.34. The fraction of sp³-hybridized carbons (Fsp3) is 0.467. The van der Waals surface area contributed by atoms with Gasteiger partial charge in [0.15, 0.2) is 10.8 Å². The van der Waals surface area contributed by atoms with E-state index in [0.29, 0.717) is 24.3 Å². The van der Waals surface area contributed by atoms with Gasteiger partial charge in [0.05, 0.1) is 0 Å². The third kappa shape index (κ3) is 2.63. The molecule has 21 heavy (non-hydrogen) atoms. The molecule has 112 valence electrons. The number of likely N-dealkylation sites (tertiary alicyclic amines) is 1. The molecule has 5 nitrogen and oxygen atoms in total.